The van der Waals surface area contributed by atoms with Crippen molar-refractivity contribution in [1.29, 1.82) is 0 Å². The summed E-state index contributed by atoms with van der Waals surface area (Å²) < 4.78 is 5.14. The summed E-state index contributed by atoms with van der Waals surface area (Å²) in [6.45, 7) is 3.80. The van der Waals surface area contributed by atoms with Crippen molar-refractivity contribution in [2.75, 3.05) is 19.8 Å². The molecule has 1 rings (SSSR count). The molecule has 0 unspecified atom stereocenters. The first-order chi connectivity index (χ1) is 7.74. The molecule has 0 atom stereocenters. The summed E-state index contributed by atoms with van der Waals surface area (Å²) in [6.07, 6.45) is 3.47. The third kappa shape index (κ3) is 4.27. The fourth-order valence-corrected chi connectivity index (χ4v) is 1.17. The minimum Gasteiger partial charge on any atom is -0.506 e. The van der Waals surface area contributed by atoms with Crippen molar-refractivity contribution in [2.45, 2.75) is 13.3 Å². The van der Waals surface area contributed by atoms with E-state index >= 15 is 0 Å². The van der Waals surface area contributed by atoms with Crippen LogP contribution in [-0.2, 0) is 4.74 Å². The molecule has 0 spiro atoms. The Kier molecular flexibility index (Phi) is 5.28. The van der Waals surface area contributed by atoms with Crippen LogP contribution in [0.5, 0.6) is 5.75 Å². The Morgan fingerprint density at radius 2 is 2.38 bits per heavy atom. The second-order valence-electron chi connectivity index (χ2n) is 3.24. The van der Waals surface area contributed by atoms with E-state index in [0.717, 1.165) is 6.42 Å². The first kappa shape index (κ1) is 12.4. The lowest BCUT2D eigenvalue weighted by Gasteiger charge is -2.05. The quantitative estimate of drug-likeness (QED) is 0.705. The monoisotopic (exact) mass is 224 g/mol. The van der Waals surface area contributed by atoms with Crippen LogP contribution in [0.4, 0.5) is 0 Å². The third-order valence-electron chi connectivity index (χ3n) is 1.94. The van der Waals surface area contributed by atoms with Gasteiger partial charge < -0.3 is 15.2 Å². The fourth-order valence-electron chi connectivity index (χ4n) is 1.17. The van der Waals surface area contributed by atoms with Crippen molar-refractivity contribution in [3.05, 3.63) is 24.0 Å². The topological polar surface area (TPSA) is 71.5 Å². The summed E-state index contributed by atoms with van der Waals surface area (Å²) in [6, 6.07) is 1.38. The predicted molar refractivity (Wildman–Crippen MR) is 59.3 cm³/mol. The highest BCUT2D eigenvalue weighted by molar-refractivity contribution is 5.94. The molecule has 88 valence electrons. The van der Waals surface area contributed by atoms with Gasteiger partial charge in [0.1, 0.15) is 5.75 Å². The molecule has 1 aromatic rings. The van der Waals surface area contributed by atoms with Gasteiger partial charge in [0, 0.05) is 26.0 Å². The van der Waals surface area contributed by atoms with Gasteiger partial charge in [-0.2, -0.15) is 0 Å². The molecule has 1 aromatic heterocycles. The van der Waals surface area contributed by atoms with Crippen molar-refractivity contribution in [1.82, 2.24) is 10.3 Å². The lowest BCUT2D eigenvalue weighted by Crippen LogP contribution is -2.25. The van der Waals surface area contributed by atoms with Crippen LogP contribution in [0.1, 0.15) is 23.7 Å². The van der Waals surface area contributed by atoms with Crippen LogP contribution in [-0.4, -0.2) is 35.8 Å². The number of nitrogens with zero attached hydrogens (tertiary/aromatic N) is 1. The maximum absolute atomic E-state index is 11.5. The number of hydrogen-bond acceptors (Lipinski definition) is 4. The molecule has 0 aliphatic carbocycles. The highest BCUT2D eigenvalue weighted by atomic mass is 16.5. The molecule has 0 aromatic carbocycles. The summed E-state index contributed by atoms with van der Waals surface area (Å²) in [7, 11) is 0. The molecule has 16 heavy (non-hydrogen) atoms. The van der Waals surface area contributed by atoms with Crippen molar-refractivity contribution in [2.24, 2.45) is 0 Å². The molecule has 1 heterocycles. The van der Waals surface area contributed by atoms with Gasteiger partial charge in [0.15, 0.2) is 0 Å². The fraction of sp³-hybridized carbons (Fsp3) is 0.455. The smallest absolute Gasteiger partial charge is 0.252 e. The number of aromatic hydroxyl groups is 1. The van der Waals surface area contributed by atoms with Gasteiger partial charge in [-0.25, -0.2) is 0 Å². The van der Waals surface area contributed by atoms with Crippen LogP contribution in [0.25, 0.3) is 0 Å². The maximum Gasteiger partial charge on any atom is 0.252 e. The van der Waals surface area contributed by atoms with Gasteiger partial charge in [-0.05, 0) is 19.4 Å². The molecule has 0 fully saturated rings. The molecule has 0 aliphatic rings. The summed E-state index contributed by atoms with van der Waals surface area (Å²) >= 11 is 0. The van der Waals surface area contributed by atoms with E-state index in [2.05, 4.69) is 10.3 Å². The van der Waals surface area contributed by atoms with Gasteiger partial charge in [-0.1, -0.05) is 0 Å². The lowest BCUT2D eigenvalue weighted by molar-refractivity contribution is 0.0943. The van der Waals surface area contributed by atoms with Crippen molar-refractivity contribution in [3.63, 3.8) is 0 Å². The lowest BCUT2D eigenvalue weighted by atomic mass is 10.2. The van der Waals surface area contributed by atoms with Crippen LogP contribution in [0, 0.1) is 0 Å². The summed E-state index contributed by atoms with van der Waals surface area (Å²) in [4.78, 5) is 15.3. The maximum atomic E-state index is 11.5. The van der Waals surface area contributed by atoms with Gasteiger partial charge in [0.05, 0.1) is 11.8 Å². The molecule has 0 radical (unpaired) electrons. The van der Waals surface area contributed by atoms with Gasteiger partial charge in [0.2, 0.25) is 0 Å². The van der Waals surface area contributed by atoms with E-state index in [0.29, 0.717) is 25.3 Å². The number of carbonyl (C=O) groups excluding carboxylic acids is 1. The zero-order valence-electron chi connectivity index (χ0n) is 9.27. The SMILES string of the molecule is CCOCCCNC(=O)c1cncc(O)c1. The summed E-state index contributed by atoms with van der Waals surface area (Å²) in [5, 5.41) is 11.9. The molecule has 5 nitrogen and oxygen atoms in total. The predicted octanol–water partition coefficient (Wildman–Crippen LogP) is 0.944. The Morgan fingerprint density at radius 3 is 3.06 bits per heavy atom. The molecule has 0 bridgehead atoms. The Balaban J connectivity index is 2.30. The zero-order valence-corrected chi connectivity index (χ0v) is 9.27. The molecule has 5 heteroatoms. The van der Waals surface area contributed by atoms with E-state index in [1.165, 1.54) is 18.5 Å². The molecule has 0 saturated carbocycles. The first-order valence-electron chi connectivity index (χ1n) is 5.24. The number of pyridine rings is 1. The number of nitrogens with one attached hydrogen (secondary N) is 1. The Morgan fingerprint density at radius 1 is 1.56 bits per heavy atom. The average molecular weight is 224 g/mol. The Bertz CT molecular complexity index is 342. The van der Waals surface area contributed by atoms with Crippen molar-refractivity contribution < 1.29 is 14.6 Å². The molecular weight excluding hydrogens is 208 g/mol. The van der Waals surface area contributed by atoms with E-state index in [1.807, 2.05) is 6.92 Å². The minimum atomic E-state index is -0.236. The second-order valence-corrected chi connectivity index (χ2v) is 3.24. The molecular formula is C11H16N2O3. The van der Waals surface area contributed by atoms with Crippen LogP contribution >= 0.6 is 0 Å². The van der Waals surface area contributed by atoms with E-state index < -0.39 is 0 Å². The van der Waals surface area contributed by atoms with Crippen molar-refractivity contribution in [3.8, 4) is 5.75 Å². The van der Waals surface area contributed by atoms with Crippen LogP contribution < -0.4 is 5.32 Å². The molecule has 0 saturated heterocycles. The summed E-state index contributed by atoms with van der Waals surface area (Å²) in [5.74, 6) is -0.248. The van der Waals surface area contributed by atoms with Crippen LogP contribution in [0.3, 0.4) is 0 Å². The van der Waals surface area contributed by atoms with E-state index in [-0.39, 0.29) is 11.7 Å². The van der Waals surface area contributed by atoms with Gasteiger partial charge in [0.25, 0.3) is 5.91 Å². The highest BCUT2D eigenvalue weighted by Gasteiger charge is 2.05. The molecule has 0 aliphatic heterocycles. The number of amides is 1. The number of aromatic nitrogens is 1. The number of hydrogen-bond donors (Lipinski definition) is 2. The van der Waals surface area contributed by atoms with Crippen molar-refractivity contribution >= 4 is 5.91 Å². The average Bonchev–Trinajstić information content (AvgIpc) is 2.28. The van der Waals surface area contributed by atoms with Crippen LogP contribution in [0.15, 0.2) is 18.5 Å². The van der Waals surface area contributed by atoms with E-state index in [1.54, 1.807) is 0 Å². The Labute approximate surface area is 94.5 Å². The standard InChI is InChI=1S/C11H16N2O3/c1-2-16-5-3-4-13-11(15)9-6-10(14)8-12-7-9/h6-8,14H,2-5H2,1H3,(H,13,15). The molecule has 2 N–H and O–H groups in total. The molecule has 1 amide bonds. The zero-order chi connectivity index (χ0) is 11.8. The number of ether oxygens (including phenoxy) is 1. The van der Waals surface area contributed by atoms with Gasteiger partial charge in [-0.3, -0.25) is 9.78 Å². The van der Waals surface area contributed by atoms with Gasteiger partial charge in [-0.15, -0.1) is 0 Å². The minimum absolute atomic E-state index is 0.0121. The van der Waals surface area contributed by atoms with Gasteiger partial charge >= 0.3 is 0 Å². The summed E-state index contributed by atoms with van der Waals surface area (Å²) in [5.41, 5.74) is 0.358. The second kappa shape index (κ2) is 6.79. The van der Waals surface area contributed by atoms with E-state index in [9.17, 15) is 4.79 Å². The van der Waals surface area contributed by atoms with E-state index in [4.69, 9.17) is 9.84 Å². The number of carbonyl (C=O) groups is 1. The largest absolute Gasteiger partial charge is 0.506 e. The normalized spacial score (nSPS) is 10.1. The highest BCUT2D eigenvalue weighted by Crippen LogP contribution is 2.07. The number of rotatable bonds is 6. The third-order valence-corrected chi connectivity index (χ3v) is 1.94. The first-order valence-corrected chi connectivity index (χ1v) is 5.24. The van der Waals surface area contributed by atoms with Crippen LogP contribution in [0.2, 0.25) is 0 Å². The Hall–Kier alpha value is -1.62.